The maximum absolute atomic E-state index is 11.5. The molecule has 0 unspecified atom stereocenters. The second-order valence-electron chi connectivity index (χ2n) is 4.74. The van der Waals surface area contributed by atoms with Crippen molar-refractivity contribution in [2.75, 3.05) is 19.8 Å². The summed E-state index contributed by atoms with van der Waals surface area (Å²) in [5.41, 5.74) is 0.446. The van der Waals surface area contributed by atoms with Crippen molar-refractivity contribution in [1.82, 2.24) is 10.2 Å². The van der Waals surface area contributed by atoms with Crippen LogP contribution in [0.2, 0.25) is 0 Å². The minimum absolute atomic E-state index is 0.282. The van der Waals surface area contributed by atoms with Crippen LogP contribution in [0.15, 0.2) is 0 Å². The van der Waals surface area contributed by atoms with E-state index in [4.69, 9.17) is 0 Å². The van der Waals surface area contributed by atoms with Crippen LogP contribution in [0.25, 0.3) is 0 Å². The summed E-state index contributed by atoms with van der Waals surface area (Å²) in [7, 11) is 0. The predicted octanol–water partition coefficient (Wildman–Crippen LogP) is 1.35. The number of carbonyl (C=O) groups is 1. The highest BCUT2D eigenvalue weighted by molar-refractivity contribution is 5.80. The molecule has 0 aromatic rings. The van der Waals surface area contributed by atoms with Crippen molar-refractivity contribution < 1.29 is 4.79 Å². The molecule has 1 aliphatic carbocycles. The third kappa shape index (κ3) is 1.78. The molecule has 0 radical (unpaired) electrons. The van der Waals surface area contributed by atoms with Crippen molar-refractivity contribution in [3.05, 3.63) is 0 Å². The van der Waals surface area contributed by atoms with Crippen molar-refractivity contribution in [1.29, 1.82) is 0 Å². The lowest BCUT2D eigenvalue weighted by Gasteiger charge is -2.32. The first-order chi connectivity index (χ1) is 6.76. The highest BCUT2D eigenvalue weighted by atomic mass is 16.2. The second-order valence-corrected chi connectivity index (χ2v) is 4.74. The second kappa shape index (κ2) is 3.89. The predicted molar refractivity (Wildman–Crippen MR) is 55.8 cm³/mol. The van der Waals surface area contributed by atoms with Crippen molar-refractivity contribution >= 4 is 5.91 Å². The molecule has 1 saturated heterocycles. The van der Waals surface area contributed by atoms with Crippen LogP contribution in [0.5, 0.6) is 0 Å². The fourth-order valence-electron chi connectivity index (χ4n) is 2.80. The van der Waals surface area contributed by atoms with E-state index < -0.39 is 0 Å². The Morgan fingerprint density at radius 1 is 1.43 bits per heavy atom. The molecule has 1 saturated carbocycles. The Morgan fingerprint density at radius 3 is 2.64 bits per heavy atom. The van der Waals surface area contributed by atoms with Gasteiger partial charge in [0.1, 0.15) is 0 Å². The lowest BCUT2D eigenvalue weighted by molar-refractivity contribution is -0.128. The molecular weight excluding hydrogens is 176 g/mol. The molecule has 2 fully saturated rings. The van der Waals surface area contributed by atoms with Gasteiger partial charge in [0.15, 0.2) is 0 Å². The van der Waals surface area contributed by atoms with Gasteiger partial charge in [-0.3, -0.25) is 10.1 Å². The molecule has 3 nitrogen and oxygen atoms in total. The largest absolute Gasteiger partial charge is 0.328 e. The van der Waals surface area contributed by atoms with Crippen LogP contribution in [-0.4, -0.2) is 30.6 Å². The van der Waals surface area contributed by atoms with Gasteiger partial charge in [0.2, 0.25) is 5.91 Å². The molecular formula is C11H20N2O. The van der Waals surface area contributed by atoms with Crippen LogP contribution < -0.4 is 5.32 Å². The van der Waals surface area contributed by atoms with Crippen molar-refractivity contribution in [2.45, 2.75) is 39.0 Å². The lowest BCUT2D eigenvalue weighted by atomic mass is 9.83. The monoisotopic (exact) mass is 196 g/mol. The zero-order chi connectivity index (χ0) is 10.0. The van der Waals surface area contributed by atoms with E-state index in [-0.39, 0.29) is 5.91 Å². The fraction of sp³-hybridized carbons (Fsp3) is 0.909. The summed E-state index contributed by atoms with van der Waals surface area (Å²) < 4.78 is 0. The van der Waals surface area contributed by atoms with Crippen LogP contribution >= 0.6 is 0 Å². The molecule has 1 N–H and O–H groups in total. The van der Waals surface area contributed by atoms with Crippen molar-refractivity contribution in [3.8, 4) is 0 Å². The van der Waals surface area contributed by atoms with Gasteiger partial charge in [-0.05, 0) is 24.7 Å². The third-order valence-electron chi connectivity index (χ3n) is 3.87. The smallest absolute Gasteiger partial charge is 0.237 e. The Kier molecular flexibility index (Phi) is 2.77. The number of amides is 1. The normalized spacial score (nSPS) is 26.1. The highest BCUT2D eigenvalue weighted by Gasteiger charge is 2.36. The van der Waals surface area contributed by atoms with Gasteiger partial charge in [-0.25, -0.2) is 0 Å². The van der Waals surface area contributed by atoms with Gasteiger partial charge < -0.3 is 4.90 Å². The van der Waals surface area contributed by atoms with E-state index in [2.05, 4.69) is 12.2 Å². The minimum atomic E-state index is 0.282. The van der Waals surface area contributed by atoms with Gasteiger partial charge in [-0.1, -0.05) is 19.8 Å². The number of hydrogen-bond acceptors (Lipinski definition) is 2. The van der Waals surface area contributed by atoms with Crippen LogP contribution in [0.4, 0.5) is 0 Å². The van der Waals surface area contributed by atoms with Crippen LogP contribution in [0.1, 0.15) is 39.0 Å². The first kappa shape index (κ1) is 9.97. The maximum Gasteiger partial charge on any atom is 0.237 e. The van der Waals surface area contributed by atoms with Crippen LogP contribution in [0.3, 0.4) is 0 Å². The summed E-state index contributed by atoms with van der Waals surface area (Å²) in [6.45, 7) is 4.55. The molecule has 1 heterocycles. The molecule has 0 spiro atoms. The van der Waals surface area contributed by atoms with E-state index in [0.29, 0.717) is 12.0 Å². The van der Waals surface area contributed by atoms with Gasteiger partial charge in [-0.15, -0.1) is 0 Å². The number of carbonyl (C=O) groups excluding carboxylic acids is 1. The molecule has 1 aliphatic heterocycles. The Bertz CT molecular complexity index is 221. The molecule has 2 aliphatic rings. The Labute approximate surface area is 85.8 Å². The van der Waals surface area contributed by atoms with Gasteiger partial charge >= 0.3 is 0 Å². The zero-order valence-electron chi connectivity index (χ0n) is 9.01. The average Bonchev–Trinajstić information content (AvgIpc) is 2.79. The first-order valence-electron chi connectivity index (χ1n) is 5.74. The van der Waals surface area contributed by atoms with E-state index in [9.17, 15) is 4.79 Å². The molecule has 80 valence electrons. The standard InChI is InChI=1S/C11H20N2O/c1-2-11(5-3-4-6-11)8-13-9-12-7-10(13)14/h12H,2-9H2,1H3. The quantitative estimate of drug-likeness (QED) is 0.739. The number of nitrogens with zero attached hydrogens (tertiary/aromatic N) is 1. The van der Waals surface area contributed by atoms with E-state index in [1.165, 1.54) is 32.1 Å². The van der Waals surface area contributed by atoms with Gasteiger partial charge in [0.05, 0.1) is 13.2 Å². The van der Waals surface area contributed by atoms with Crippen LogP contribution in [0, 0.1) is 5.41 Å². The molecule has 0 atom stereocenters. The molecule has 1 amide bonds. The zero-order valence-corrected chi connectivity index (χ0v) is 9.01. The van der Waals surface area contributed by atoms with Gasteiger partial charge in [-0.2, -0.15) is 0 Å². The summed E-state index contributed by atoms with van der Waals surface area (Å²) >= 11 is 0. The molecule has 2 rings (SSSR count). The van der Waals surface area contributed by atoms with E-state index >= 15 is 0 Å². The van der Waals surface area contributed by atoms with Crippen molar-refractivity contribution in [3.63, 3.8) is 0 Å². The Morgan fingerprint density at radius 2 is 2.14 bits per heavy atom. The highest BCUT2D eigenvalue weighted by Crippen LogP contribution is 2.41. The van der Waals surface area contributed by atoms with Crippen molar-refractivity contribution in [2.24, 2.45) is 5.41 Å². The summed E-state index contributed by atoms with van der Waals surface area (Å²) in [6.07, 6.45) is 6.55. The summed E-state index contributed by atoms with van der Waals surface area (Å²) in [4.78, 5) is 13.5. The lowest BCUT2D eigenvalue weighted by Crippen LogP contribution is -2.37. The van der Waals surface area contributed by atoms with Gasteiger partial charge in [0.25, 0.3) is 0 Å². The SMILES string of the molecule is CCC1(CN2CNCC2=O)CCCC1. The summed E-state index contributed by atoms with van der Waals surface area (Å²) in [5, 5.41) is 3.11. The van der Waals surface area contributed by atoms with E-state index in [0.717, 1.165) is 13.2 Å². The Hall–Kier alpha value is -0.570. The minimum Gasteiger partial charge on any atom is -0.328 e. The summed E-state index contributed by atoms with van der Waals surface area (Å²) in [5.74, 6) is 0.282. The molecule has 0 aromatic heterocycles. The first-order valence-corrected chi connectivity index (χ1v) is 5.74. The van der Waals surface area contributed by atoms with E-state index in [1.807, 2.05) is 4.90 Å². The number of nitrogens with one attached hydrogen (secondary N) is 1. The van der Waals surface area contributed by atoms with E-state index in [1.54, 1.807) is 0 Å². The molecule has 14 heavy (non-hydrogen) atoms. The number of hydrogen-bond donors (Lipinski definition) is 1. The maximum atomic E-state index is 11.5. The van der Waals surface area contributed by atoms with Gasteiger partial charge in [0, 0.05) is 6.54 Å². The van der Waals surface area contributed by atoms with Crippen LogP contribution in [-0.2, 0) is 4.79 Å². The number of rotatable bonds is 3. The third-order valence-corrected chi connectivity index (χ3v) is 3.87. The summed E-state index contributed by atoms with van der Waals surface area (Å²) in [6, 6.07) is 0. The molecule has 0 aromatic carbocycles. The molecule has 0 bridgehead atoms. The Balaban J connectivity index is 1.96. The average molecular weight is 196 g/mol. The molecule has 3 heteroatoms. The topological polar surface area (TPSA) is 32.3 Å². The fourth-order valence-corrected chi connectivity index (χ4v) is 2.80.